The minimum atomic E-state index is 0.641. The van der Waals surface area contributed by atoms with Gasteiger partial charge in [-0.3, -0.25) is 0 Å². The van der Waals surface area contributed by atoms with Crippen molar-refractivity contribution < 1.29 is 4.74 Å². The van der Waals surface area contributed by atoms with E-state index in [-0.39, 0.29) is 0 Å². The standard InChI is InChI=1S/C15H20BrNO/c1-2-3-4-5-6-7-10-18-14-9-8-13(12-17)15(16)11-14/h8-9,11H,2-7,10H2,1H3. The molecule has 1 aromatic rings. The SMILES string of the molecule is CCCCCCCCOc1ccc(C#N)c(Br)c1. The molecule has 0 spiro atoms. The van der Waals surface area contributed by atoms with Crippen molar-refractivity contribution in [3.8, 4) is 11.8 Å². The largest absolute Gasteiger partial charge is 0.494 e. The third-order valence-corrected chi connectivity index (χ3v) is 3.48. The Labute approximate surface area is 118 Å². The summed E-state index contributed by atoms with van der Waals surface area (Å²) in [6.07, 6.45) is 7.59. The molecule has 0 unspecified atom stereocenters. The van der Waals surface area contributed by atoms with Gasteiger partial charge in [-0.05, 0) is 40.5 Å². The summed E-state index contributed by atoms with van der Waals surface area (Å²) in [7, 11) is 0. The minimum absolute atomic E-state index is 0.641. The van der Waals surface area contributed by atoms with Crippen molar-refractivity contribution in [3.63, 3.8) is 0 Å². The Morgan fingerprint density at radius 3 is 2.56 bits per heavy atom. The van der Waals surface area contributed by atoms with E-state index in [0.717, 1.165) is 23.2 Å². The maximum atomic E-state index is 8.81. The lowest BCUT2D eigenvalue weighted by atomic mass is 10.1. The number of benzene rings is 1. The highest BCUT2D eigenvalue weighted by molar-refractivity contribution is 9.10. The number of nitrogens with zero attached hydrogens (tertiary/aromatic N) is 1. The van der Waals surface area contributed by atoms with Gasteiger partial charge < -0.3 is 4.74 Å². The Balaban J connectivity index is 2.20. The summed E-state index contributed by atoms with van der Waals surface area (Å²) in [4.78, 5) is 0. The molecule has 18 heavy (non-hydrogen) atoms. The summed E-state index contributed by atoms with van der Waals surface area (Å²) in [5.41, 5.74) is 0.641. The van der Waals surface area contributed by atoms with Crippen LogP contribution in [0.3, 0.4) is 0 Å². The first-order valence-electron chi connectivity index (χ1n) is 6.60. The van der Waals surface area contributed by atoms with Crippen molar-refractivity contribution in [2.45, 2.75) is 45.4 Å². The quantitative estimate of drug-likeness (QED) is 0.629. The first-order valence-corrected chi connectivity index (χ1v) is 7.39. The number of hydrogen-bond acceptors (Lipinski definition) is 2. The molecule has 0 radical (unpaired) electrons. The highest BCUT2D eigenvalue weighted by Gasteiger charge is 2.01. The van der Waals surface area contributed by atoms with E-state index >= 15 is 0 Å². The van der Waals surface area contributed by atoms with Crippen LogP contribution in [0.4, 0.5) is 0 Å². The molecule has 1 rings (SSSR count). The molecule has 0 aliphatic carbocycles. The number of halogens is 1. The van der Waals surface area contributed by atoms with Gasteiger partial charge in [-0.1, -0.05) is 39.0 Å². The van der Waals surface area contributed by atoms with E-state index in [2.05, 4.69) is 28.9 Å². The average molecular weight is 310 g/mol. The van der Waals surface area contributed by atoms with Crippen LogP contribution in [0.5, 0.6) is 5.75 Å². The Kier molecular flexibility index (Phi) is 7.52. The van der Waals surface area contributed by atoms with Gasteiger partial charge in [0.05, 0.1) is 12.2 Å². The van der Waals surface area contributed by atoms with Gasteiger partial charge >= 0.3 is 0 Å². The van der Waals surface area contributed by atoms with Gasteiger partial charge in [0.1, 0.15) is 11.8 Å². The molecule has 0 amide bonds. The van der Waals surface area contributed by atoms with Crippen LogP contribution in [0.1, 0.15) is 51.0 Å². The van der Waals surface area contributed by atoms with Crippen LogP contribution in [0, 0.1) is 11.3 Å². The second-order valence-corrected chi connectivity index (χ2v) is 5.22. The number of unbranched alkanes of at least 4 members (excludes halogenated alkanes) is 5. The predicted molar refractivity (Wildman–Crippen MR) is 77.7 cm³/mol. The van der Waals surface area contributed by atoms with Crippen LogP contribution >= 0.6 is 15.9 Å². The van der Waals surface area contributed by atoms with Gasteiger partial charge in [-0.15, -0.1) is 0 Å². The molecule has 0 saturated carbocycles. The molecule has 0 aliphatic rings. The van der Waals surface area contributed by atoms with Gasteiger partial charge in [-0.2, -0.15) is 5.26 Å². The van der Waals surface area contributed by atoms with Crippen molar-refractivity contribution in [2.24, 2.45) is 0 Å². The van der Waals surface area contributed by atoms with E-state index in [0.29, 0.717) is 5.56 Å². The fourth-order valence-electron chi connectivity index (χ4n) is 1.75. The Hall–Kier alpha value is -1.01. The topological polar surface area (TPSA) is 33.0 Å². The molecule has 98 valence electrons. The first kappa shape index (κ1) is 15.0. The van der Waals surface area contributed by atoms with E-state index < -0.39 is 0 Å². The van der Waals surface area contributed by atoms with Crippen LogP contribution in [0.25, 0.3) is 0 Å². The summed E-state index contributed by atoms with van der Waals surface area (Å²) < 4.78 is 6.45. The van der Waals surface area contributed by atoms with Crippen LogP contribution in [-0.4, -0.2) is 6.61 Å². The number of nitriles is 1. The molecule has 0 saturated heterocycles. The first-order chi connectivity index (χ1) is 8.77. The summed E-state index contributed by atoms with van der Waals surface area (Å²) in [6.45, 7) is 2.98. The highest BCUT2D eigenvalue weighted by atomic mass is 79.9. The highest BCUT2D eigenvalue weighted by Crippen LogP contribution is 2.22. The smallest absolute Gasteiger partial charge is 0.120 e. The maximum absolute atomic E-state index is 8.81. The molecule has 0 N–H and O–H groups in total. The van der Waals surface area contributed by atoms with E-state index in [9.17, 15) is 0 Å². The summed E-state index contributed by atoms with van der Waals surface area (Å²) in [6, 6.07) is 7.60. The molecule has 0 bridgehead atoms. The summed E-state index contributed by atoms with van der Waals surface area (Å²) in [5.74, 6) is 0.828. The summed E-state index contributed by atoms with van der Waals surface area (Å²) in [5, 5.41) is 8.81. The fraction of sp³-hybridized carbons (Fsp3) is 0.533. The van der Waals surface area contributed by atoms with E-state index in [1.807, 2.05) is 12.1 Å². The fourth-order valence-corrected chi connectivity index (χ4v) is 2.20. The molecule has 0 heterocycles. The molecule has 0 atom stereocenters. The predicted octanol–water partition coefficient (Wildman–Crippen LogP) is 5.06. The number of rotatable bonds is 8. The lowest BCUT2D eigenvalue weighted by molar-refractivity contribution is 0.304. The third kappa shape index (κ3) is 5.55. The Morgan fingerprint density at radius 2 is 1.89 bits per heavy atom. The molecule has 0 fully saturated rings. The molecule has 2 nitrogen and oxygen atoms in total. The van der Waals surface area contributed by atoms with Crippen LogP contribution in [-0.2, 0) is 0 Å². The van der Waals surface area contributed by atoms with E-state index in [1.54, 1.807) is 6.07 Å². The second-order valence-electron chi connectivity index (χ2n) is 4.37. The molecule has 3 heteroatoms. The zero-order valence-corrected chi connectivity index (χ0v) is 12.5. The molecular formula is C15H20BrNO. The van der Waals surface area contributed by atoms with Crippen molar-refractivity contribution in [1.29, 1.82) is 5.26 Å². The lowest BCUT2D eigenvalue weighted by Gasteiger charge is -2.07. The van der Waals surface area contributed by atoms with Crippen LogP contribution < -0.4 is 4.74 Å². The maximum Gasteiger partial charge on any atom is 0.120 e. The lowest BCUT2D eigenvalue weighted by Crippen LogP contribution is -1.97. The average Bonchev–Trinajstić information content (AvgIpc) is 2.38. The van der Waals surface area contributed by atoms with Crippen LogP contribution in [0.2, 0.25) is 0 Å². The van der Waals surface area contributed by atoms with Crippen molar-refractivity contribution >= 4 is 15.9 Å². The van der Waals surface area contributed by atoms with E-state index in [4.69, 9.17) is 10.00 Å². The second kappa shape index (κ2) is 8.99. The minimum Gasteiger partial charge on any atom is -0.494 e. The van der Waals surface area contributed by atoms with Gasteiger partial charge in [0.15, 0.2) is 0 Å². The van der Waals surface area contributed by atoms with Crippen molar-refractivity contribution in [1.82, 2.24) is 0 Å². The van der Waals surface area contributed by atoms with Crippen molar-refractivity contribution in [3.05, 3.63) is 28.2 Å². The zero-order valence-electron chi connectivity index (χ0n) is 10.9. The third-order valence-electron chi connectivity index (χ3n) is 2.83. The molecule has 1 aromatic carbocycles. The van der Waals surface area contributed by atoms with Crippen molar-refractivity contribution in [2.75, 3.05) is 6.61 Å². The Bertz CT molecular complexity index is 398. The van der Waals surface area contributed by atoms with Gasteiger partial charge in [0.25, 0.3) is 0 Å². The van der Waals surface area contributed by atoms with Gasteiger partial charge in [-0.25, -0.2) is 0 Å². The number of ether oxygens (including phenoxy) is 1. The van der Waals surface area contributed by atoms with Gasteiger partial charge in [0.2, 0.25) is 0 Å². The normalized spacial score (nSPS) is 10.1. The van der Waals surface area contributed by atoms with E-state index in [1.165, 1.54) is 32.1 Å². The zero-order chi connectivity index (χ0) is 13.2. The van der Waals surface area contributed by atoms with Crippen LogP contribution in [0.15, 0.2) is 22.7 Å². The molecule has 0 aromatic heterocycles. The van der Waals surface area contributed by atoms with Gasteiger partial charge in [0, 0.05) is 4.47 Å². The monoisotopic (exact) mass is 309 g/mol. The molecular weight excluding hydrogens is 290 g/mol. The Morgan fingerprint density at radius 1 is 1.17 bits per heavy atom. The number of hydrogen-bond donors (Lipinski definition) is 0. The summed E-state index contributed by atoms with van der Waals surface area (Å²) >= 11 is 3.36. The molecule has 0 aliphatic heterocycles.